The van der Waals surface area contributed by atoms with Gasteiger partial charge in [-0.3, -0.25) is 4.79 Å². The molecule has 0 aromatic heterocycles. The predicted octanol–water partition coefficient (Wildman–Crippen LogP) is 3.22. The van der Waals surface area contributed by atoms with Gasteiger partial charge < -0.3 is 0 Å². The van der Waals surface area contributed by atoms with E-state index in [1.165, 1.54) is 6.92 Å². The minimum atomic E-state index is -0.803. The smallest absolute Gasteiger partial charge is 0.131 e. The number of rotatable bonds is 3. The highest BCUT2D eigenvalue weighted by Crippen LogP contribution is 2.27. The van der Waals surface area contributed by atoms with Crippen LogP contribution < -0.4 is 0 Å². The van der Waals surface area contributed by atoms with Crippen molar-refractivity contribution in [2.45, 2.75) is 18.7 Å². The first-order valence-corrected chi connectivity index (χ1v) is 4.53. The van der Waals surface area contributed by atoms with Crippen molar-refractivity contribution in [2.24, 2.45) is 0 Å². The van der Waals surface area contributed by atoms with Crippen molar-refractivity contribution in [3.05, 3.63) is 35.4 Å². The van der Waals surface area contributed by atoms with Crippen molar-refractivity contribution in [2.75, 3.05) is 0 Å². The third-order valence-electron chi connectivity index (χ3n) is 1.76. The van der Waals surface area contributed by atoms with E-state index in [4.69, 9.17) is 11.6 Å². The zero-order valence-electron chi connectivity index (χ0n) is 7.56. The van der Waals surface area contributed by atoms with Crippen LogP contribution in [0, 0.1) is 11.6 Å². The van der Waals surface area contributed by atoms with Gasteiger partial charge in [-0.25, -0.2) is 8.78 Å². The summed E-state index contributed by atoms with van der Waals surface area (Å²) in [6, 6.07) is 3.02. The molecule has 1 atom stereocenters. The summed E-state index contributed by atoms with van der Waals surface area (Å²) in [7, 11) is 0. The van der Waals surface area contributed by atoms with Gasteiger partial charge in [0.2, 0.25) is 0 Å². The maximum absolute atomic E-state index is 13.1. The first-order chi connectivity index (χ1) is 6.50. The van der Waals surface area contributed by atoms with Gasteiger partial charge in [-0.1, -0.05) is 0 Å². The minimum absolute atomic E-state index is 0.00191. The number of ketones is 1. The molecule has 1 aromatic rings. The van der Waals surface area contributed by atoms with Gasteiger partial charge in [-0.15, -0.1) is 11.6 Å². The Balaban J connectivity index is 2.93. The van der Waals surface area contributed by atoms with Gasteiger partial charge in [0.15, 0.2) is 0 Å². The number of carbonyl (C=O) groups excluding carboxylic acids is 1. The van der Waals surface area contributed by atoms with Gasteiger partial charge in [0.05, 0.1) is 5.38 Å². The SMILES string of the molecule is CC(=O)CC(Cl)c1cc(F)ccc1F. The van der Waals surface area contributed by atoms with Gasteiger partial charge in [-0.2, -0.15) is 0 Å². The molecule has 1 nitrogen and oxygen atoms in total. The second kappa shape index (κ2) is 4.51. The first-order valence-electron chi connectivity index (χ1n) is 4.09. The molecule has 0 bridgehead atoms. The molecule has 4 heteroatoms. The van der Waals surface area contributed by atoms with Crippen molar-refractivity contribution in [3.8, 4) is 0 Å². The molecule has 0 aliphatic heterocycles. The van der Waals surface area contributed by atoms with E-state index in [1.807, 2.05) is 0 Å². The summed E-state index contributed by atoms with van der Waals surface area (Å²) in [5.74, 6) is -1.31. The Morgan fingerprint density at radius 3 is 2.71 bits per heavy atom. The second-order valence-electron chi connectivity index (χ2n) is 3.04. The van der Waals surface area contributed by atoms with E-state index < -0.39 is 17.0 Å². The van der Waals surface area contributed by atoms with Crippen LogP contribution in [0.4, 0.5) is 8.78 Å². The molecule has 0 spiro atoms. The predicted molar refractivity (Wildman–Crippen MR) is 50.3 cm³/mol. The molecule has 0 saturated heterocycles. The zero-order chi connectivity index (χ0) is 10.7. The topological polar surface area (TPSA) is 17.1 Å². The lowest BCUT2D eigenvalue weighted by molar-refractivity contribution is -0.117. The van der Waals surface area contributed by atoms with Crippen LogP contribution in [0.5, 0.6) is 0 Å². The van der Waals surface area contributed by atoms with Crippen LogP contribution in [-0.4, -0.2) is 5.78 Å². The molecule has 1 unspecified atom stereocenters. The van der Waals surface area contributed by atoms with Crippen LogP contribution in [0.15, 0.2) is 18.2 Å². The summed E-state index contributed by atoms with van der Waals surface area (Å²) < 4.78 is 25.8. The molecule has 0 aliphatic carbocycles. The summed E-state index contributed by atoms with van der Waals surface area (Å²) in [6.07, 6.45) is 0.00191. The molecule has 0 saturated carbocycles. The third-order valence-corrected chi connectivity index (χ3v) is 2.15. The number of alkyl halides is 1. The average molecular weight is 219 g/mol. The van der Waals surface area contributed by atoms with E-state index in [1.54, 1.807) is 0 Å². The minimum Gasteiger partial charge on any atom is -0.300 e. The normalized spacial score (nSPS) is 12.6. The summed E-state index contributed by atoms with van der Waals surface area (Å²) in [5, 5.41) is -0.803. The van der Waals surface area contributed by atoms with E-state index in [2.05, 4.69) is 0 Å². The molecule has 0 radical (unpaired) electrons. The summed E-state index contributed by atoms with van der Waals surface area (Å²) in [6.45, 7) is 1.35. The van der Waals surface area contributed by atoms with Crippen LogP contribution in [0.1, 0.15) is 24.3 Å². The van der Waals surface area contributed by atoms with Gasteiger partial charge >= 0.3 is 0 Å². The lowest BCUT2D eigenvalue weighted by atomic mass is 10.1. The second-order valence-corrected chi connectivity index (χ2v) is 3.57. The van der Waals surface area contributed by atoms with Crippen molar-refractivity contribution in [1.82, 2.24) is 0 Å². The Kier molecular flexibility index (Phi) is 3.58. The number of carbonyl (C=O) groups is 1. The Morgan fingerprint density at radius 2 is 2.14 bits per heavy atom. The fourth-order valence-corrected chi connectivity index (χ4v) is 1.50. The van der Waals surface area contributed by atoms with Crippen LogP contribution in [-0.2, 0) is 4.79 Å². The Bertz CT molecular complexity index is 352. The first kappa shape index (κ1) is 11.1. The average Bonchev–Trinajstić information content (AvgIpc) is 2.08. The van der Waals surface area contributed by atoms with E-state index in [0.29, 0.717) is 0 Å². The highest BCUT2D eigenvalue weighted by molar-refractivity contribution is 6.21. The van der Waals surface area contributed by atoms with E-state index in [9.17, 15) is 13.6 Å². The molecule has 0 amide bonds. The molecular weight excluding hydrogens is 210 g/mol. The van der Waals surface area contributed by atoms with Crippen LogP contribution in [0.2, 0.25) is 0 Å². The number of hydrogen-bond donors (Lipinski definition) is 0. The lowest BCUT2D eigenvalue weighted by Crippen LogP contribution is -2.01. The molecular formula is C10H9ClF2O. The van der Waals surface area contributed by atoms with Crippen LogP contribution in [0.25, 0.3) is 0 Å². The monoisotopic (exact) mass is 218 g/mol. The van der Waals surface area contributed by atoms with Crippen molar-refractivity contribution in [3.63, 3.8) is 0 Å². The van der Waals surface area contributed by atoms with E-state index in [0.717, 1.165) is 18.2 Å². The molecule has 0 aliphatic rings. The molecule has 0 N–H and O–H groups in total. The van der Waals surface area contributed by atoms with Crippen LogP contribution in [0.3, 0.4) is 0 Å². The van der Waals surface area contributed by atoms with Crippen molar-refractivity contribution in [1.29, 1.82) is 0 Å². The molecule has 14 heavy (non-hydrogen) atoms. The third kappa shape index (κ3) is 2.77. The lowest BCUT2D eigenvalue weighted by Gasteiger charge is -2.08. The summed E-state index contributed by atoms with van der Waals surface area (Å²) >= 11 is 5.75. The maximum Gasteiger partial charge on any atom is 0.131 e. The fraction of sp³-hybridized carbons (Fsp3) is 0.300. The quantitative estimate of drug-likeness (QED) is 0.712. The number of halogens is 3. The number of hydrogen-bond acceptors (Lipinski definition) is 1. The summed E-state index contributed by atoms with van der Waals surface area (Å²) in [5.41, 5.74) is 0.0295. The summed E-state index contributed by atoms with van der Waals surface area (Å²) in [4.78, 5) is 10.7. The molecule has 0 fully saturated rings. The van der Waals surface area contributed by atoms with Gasteiger partial charge in [0.1, 0.15) is 17.4 Å². The van der Waals surface area contributed by atoms with E-state index in [-0.39, 0.29) is 17.8 Å². The van der Waals surface area contributed by atoms with Crippen LogP contribution >= 0.6 is 11.6 Å². The standard InChI is InChI=1S/C10H9ClF2O/c1-6(14)4-9(11)8-5-7(12)2-3-10(8)13/h2-3,5,9H,4H2,1H3. The Hall–Kier alpha value is -0.960. The van der Waals surface area contributed by atoms with Crippen molar-refractivity contribution >= 4 is 17.4 Å². The molecule has 1 aromatic carbocycles. The van der Waals surface area contributed by atoms with E-state index >= 15 is 0 Å². The highest BCUT2D eigenvalue weighted by atomic mass is 35.5. The Labute approximate surface area is 85.7 Å². The molecule has 0 heterocycles. The Morgan fingerprint density at radius 1 is 1.50 bits per heavy atom. The highest BCUT2D eigenvalue weighted by Gasteiger charge is 2.15. The van der Waals surface area contributed by atoms with Gasteiger partial charge in [0.25, 0.3) is 0 Å². The van der Waals surface area contributed by atoms with Crippen molar-refractivity contribution < 1.29 is 13.6 Å². The van der Waals surface area contributed by atoms with Gasteiger partial charge in [0, 0.05) is 12.0 Å². The largest absolute Gasteiger partial charge is 0.300 e. The van der Waals surface area contributed by atoms with Gasteiger partial charge in [-0.05, 0) is 25.1 Å². The molecule has 76 valence electrons. The number of benzene rings is 1. The fourth-order valence-electron chi connectivity index (χ4n) is 1.12. The molecule has 1 rings (SSSR count). The zero-order valence-corrected chi connectivity index (χ0v) is 8.31. The number of Topliss-reactive ketones (excluding diaryl/α,β-unsaturated/α-hetero) is 1. The maximum atomic E-state index is 13.1.